The van der Waals surface area contributed by atoms with Gasteiger partial charge in [-0.25, -0.2) is 13.2 Å². The fourth-order valence-electron chi connectivity index (χ4n) is 4.60. The summed E-state index contributed by atoms with van der Waals surface area (Å²) in [6.45, 7) is 1.12. The van der Waals surface area contributed by atoms with E-state index in [1.165, 1.54) is 12.1 Å². The molecule has 0 saturated carbocycles. The van der Waals surface area contributed by atoms with Crippen LogP contribution in [0.4, 0.5) is 5.69 Å². The van der Waals surface area contributed by atoms with E-state index in [-0.39, 0.29) is 23.8 Å². The summed E-state index contributed by atoms with van der Waals surface area (Å²) in [7, 11) is -1.02. The van der Waals surface area contributed by atoms with Gasteiger partial charge in [0.15, 0.2) is 0 Å². The van der Waals surface area contributed by atoms with Crippen molar-refractivity contribution in [3.8, 4) is 0 Å². The summed E-state index contributed by atoms with van der Waals surface area (Å²) in [4.78, 5) is 35.4. The van der Waals surface area contributed by atoms with Crippen molar-refractivity contribution in [1.29, 1.82) is 0 Å². The Morgan fingerprint density at radius 2 is 1.66 bits per heavy atom. The molecular formula is C26H37N5O6S. The first-order chi connectivity index (χ1) is 18.0. The first-order valence-corrected chi connectivity index (χ1v) is 14.2. The van der Waals surface area contributed by atoms with Gasteiger partial charge >= 0.3 is 5.97 Å². The van der Waals surface area contributed by atoms with Gasteiger partial charge < -0.3 is 31.7 Å². The number of carboxylic acid groups (broad SMARTS) is 1. The predicted molar refractivity (Wildman–Crippen MR) is 145 cm³/mol. The van der Waals surface area contributed by atoms with E-state index < -0.39 is 33.1 Å². The Kier molecular flexibility index (Phi) is 9.69. The van der Waals surface area contributed by atoms with Crippen LogP contribution in [0.3, 0.4) is 0 Å². The summed E-state index contributed by atoms with van der Waals surface area (Å²) < 4.78 is 27.2. The summed E-state index contributed by atoms with van der Waals surface area (Å²) in [5.74, 6) is -2.06. The van der Waals surface area contributed by atoms with Crippen LogP contribution in [-0.2, 0) is 24.2 Å². The van der Waals surface area contributed by atoms with Gasteiger partial charge in [0.25, 0.3) is 0 Å². The maximum atomic E-state index is 13.6. The molecule has 0 bridgehead atoms. The zero-order chi connectivity index (χ0) is 27.9. The molecule has 1 heterocycles. The summed E-state index contributed by atoms with van der Waals surface area (Å²) in [5, 5.41) is 19.1. The van der Waals surface area contributed by atoms with Crippen molar-refractivity contribution in [1.82, 2.24) is 16.0 Å². The number of carboxylic acids is 1. The fourth-order valence-corrected chi connectivity index (χ4v) is 6.21. The maximum absolute atomic E-state index is 13.6. The number of benzene rings is 2. The lowest BCUT2D eigenvalue weighted by atomic mass is 9.93. The second kappa shape index (κ2) is 12.5. The molecular weight excluding hydrogens is 510 g/mol. The van der Waals surface area contributed by atoms with Crippen molar-refractivity contribution in [3.63, 3.8) is 0 Å². The zero-order valence-corrected chi connectivity index (χ0v) is 22.6. The van der Waals surface area contributed by atoms with Crippen LogP contribution in [0.25, 0.3) is 10.8 Å². The first-order valence-electron chi connectivity index (χ1n) is 12.7. The smallest absolute Gasteiger partial charge is 0.341 e. The van der Waals surface area contributed by atoms with Gasteiger partial charge in [0.2, 0.25) is 26.5 Å². The molecule has 0 aromatic heterocycles. The van der Waals surface area contributed by atoms with Crippen LogP contribution >= 0.6 is 0 Å². The van der Waals surface area contributed by atoms with E-state index in [1.54, 1.807) is 18.2 Å². The fraction of sp³-hybridized carbons (Fsp3) is 0.500. The van der Waals surface area contributed by atoms with Gasteiger partial charge in [0.1, 0.15) is 0 Å². The van der Waals surface area contributed by atoms with Crippen molar-refractivity contribution in [2.45, 2.75) is 41.9 Å². The topological polar surface area (TPSA) is 171 Å². The third-order valence-electron chi connectivity index (χ3n) is 6.93. The maximum Gasteiger partial charge on any atom is 0.341 e. The van der Waals surface area contributed by atoms with Gasteiger partial charge in [-0.2, -0.15) is 0 Å². The number of nitrogens with one attached hydrogen (secondary N) is 3. The number of nitrogens with two attached hydrogens (primary N) is 1. The Labute approximate surface area is 223 Å². The molecule has 1 unspecified atom stereocenters. The quantitative estimate of drug-likeness (QED) is 0.258. The standard InChI is InChI=1S/C26H37N5O6S/c1-31(2)21-7-3-6-20-19(21)5-4-8-22(20)38(36,37)26(27,25(34)35)17-30-24(33)13-16-29-23(32)10-9-18-11-14-28-15-12-18/h3-8,18,28H,9-17,27H2,1-2H3,(H,29,32)(H,30,33)(H,34,35). The van der Waals surface area contributed by atoms with Crippen molar-refractivity contribution in [2.75, 3.05) is 45.2 Å². The van der Waals surface area contributed by atoms with Crippen molar-refractivity contribution in [2.24, 2.45) is 11.7 Å². The number of aliphatic carboxylic acids is 1. The number of piperidine rings is 1. The molecule has 6 N–H and O–H groups in total. The van der Waals surface area contributed by atoms with Crippen LogP contribution in [0.15, 0.2) is 41.3 Å². The van der Waals surface area contributed by atoms with E-state index in [9.17, 15) is 27.9 Å². The summed E-state index contributed by atoms with van der Waals surface area (Å²) in [6.07, 6.45) is 3.10. The van der Waals surface area contributed by atoms with Gasteiger partial charge in [-0.05, 0) is 50.4 Å². The van der Waals surface area contributed by atoms with E-state index in [1.807, 2.05) is 25.1 Å². The molecule has 2 amide bonds. The van der Waals surface area contributed by atoms with E-state index in [2.05, 4.69) is 16.0 Å². The number of amides is 2. The summed E-state index contributed by atoms with van der Waals surface area (Å²) in [5.41, 5.74) is 6.74. The third kappa shape index (κ3) is 6.61. The molecule has 208 valence electrons. The monoisotopic (exact) mass is 547 g/mol. The highest BCUT2D eigenvalue weighted by atomic mass is 32.2. The molecule has 1 saturated heterocycles. The normalized spacial score (nSPS) is 16.0. The van der Waals surface area contributed by atoms with Crippen LogP contribution in [0, 0.1) is 5.92 Å². The Hall–Kier alpha value is -3.22. The molecule has 1 atom stereocenters. The molecule has 2 aromatic rings. The highest BCUT2D eigenvalue weighted by Gasteiger charge is 2.49. The largest absolute Gasteiger partial charge is 0.479 e. The van der Waals surface area contributed by atoms with E-state index in [0.717, 1.165) is 38.0 Å². The highest BCUT2D eigenvalue weighted by molar-refractivity contribution is 7.93. The number of nitrogens with zero attached hydrogens (tertiary/aromatic N) is 1. The van der Waals surface area contributed by atoms with E-state index in [0.29, 0.717) is 23.1 Å². The second-order valence-corrected chi connectivity index (χ2v) is 12.0. The van der Waals surface area contributed by atoms with Gasteiger partial charge in [0.05, 0.1) is 11.4 Å². The van der Waals surface area contributed by atoms with Crippen molar-refractivity contribution < 1.29 is 27.9 Å². The predicted octanol–water partition coefficient (Wildman–Crippen LogP) is 0.821. The average Bonchev–Trinajstić information content (AvgIpc) is 2.90. The lowest BCUT2D eigenvalue weighted by Gasteiger charge is -2.26. The molecule has 38 heavy (non-hydrogen) atoms. The Morgan fingerprint density at radius 1 is 1.03 bits per heavy atom. The number of carbonyl (C=O) groups excluding carboxylic acids is 2. The summed E-state index contributed by atoms with van der Waals surface area (Å²) >= 11 is 0. The minimum atomic E-state index is -4.65. The van der Waals surface area contributed by atoms with Crippen molar-refractivity contribution in [3.05, 3.63) is 36.4 Å². The molecule has 0 aliphatic carbocycles. The SMILES string of the molecule is CN(C)c1cccc2c(S(=O)(=O)C(N)(CNC(=O)CCNC(=O)CCC3CCNCC3)C(=O)O)cccc12. The Morgan fingerprint density at radius 3 is 2.32 bits per heavy atom. The van der Waals surface area contributed by atoms with Crippen LogP contribution in [-0.4, -0.2) is 76.5 Å². The van der Waals surface area contributed by atoms with Gasteiger partial charge in [0, 0.05) is 49.9 Å². The molecule has 0 radical (unpaired) electrons. The van der Waals surface area contributed by atoms with Gasteiger partial charge in [-0.3, -0.25) is 9.59 Å². The number of sulfone groups is 1. The third-order valence-corrected chi connectivity index (χ3v) is 9.15. The molecule has 12 heteroatoms. The van der Waals surface area contributed by atoms with Crippen LogP contribution in [0.5, 0.6) is 0 Å². The van der Waals surface area contributed by atoms with Crippen LogP contribution in [0.2, 0.25) is 0 Å². The average molecular weight is 548 g/mol. The van der Waals surface area contributed by atoms with E-state index in [4.69, 9.17) is 5.73 Å². The number of carbonyl (C=O) groups is 3. The number of rotatable bonds is 12. The van der Waals surface area contributed by atoms with E-state index >= 15 is 0 Å². The zero-order valence-electron chi connectivity index (χ0n) is 21.8. The lowest BCUT2D eigenvalue weighted by Crippen LogP contribution is -2.61. The summed E-state index contributed by atoms with van der Waals surface area (Å²) in [6, 6.07) is 9.66. The number of hydrogen-bond donors (Lipinski definition) is 5. The minimum Gasteiger partial charge on any atom is -0.479 e. The van der Waals surface area contributed by atoms with Gasteiger partial charge in [-0.1, -0.05) is 24.3 Å². The molecule has 1 aliphatic rings. The van der Waals surface area contributed by atoms with Crippen LogP contribution in [0.1, 0.15) is 32.1 Å². The minimum absolute atomic E-state index is 0.0465. The lowest BCUT2D eigenvalue weighted by molar-refractivity contribution is -0.140. The molecule has 11 nitrogen and oxygen atoms in total. The highest BCUT2D eigenvalue weighted by Crippen LogP contribution is 2.33. The Balaban J connectivity index is 1.64. The number of anilines is 1. The molecule has 3 rings (SSSR count). The Bertz CT molecular complexity index is 1280. The number of fused-ring (bicyclic) bond motifs is 1. The first kappa shape index (κ1) is 29.3. The molecule has 0 spiro atoms. The number of hydrogen-bond acceptors (Lipinski definition) is 8. The van der Waals surface area contributed by atoms with Crippen LogP contribution < -0.4 is 26.6 Å². The van der Waals surface area contributed by atoms with Gasteiger partial charge in [-0.15, -0.1) is 0 Å². The second-order valence-electron chi connectivity index (χ2n) is 9.83. The molecule has 1 fully saturated rings. The van der Waals surface area contributed by atoms with Crippen molar-refractivity contribution >= 4 is 44.1 Å². The molecule has 1 aliphatic heterocycles. The molecule has 2 aromatic carbocycles.